The number of ether oxygens (including phenoxy) is 1. The molecule has 3 rings (SSSR count). The van der Waals surface area contributed by atoms with E-state index >= 15 is 0 Å². The molecule has 43 heavy (non-hydrogen) atoms. The average molecular weight is 596 g/mol. The molecule has 3 atom stereocenters. The van der Waals surface area contributed by atoms with E-state index in [2.05, 4.69) is 23.0 Å². The third-order valence-electron chi connectivity index (χ3n) is 7.93. The highest BCUT2D eigenvalue weighted by Crippen LogP contribution is 2.28. The molecule has 0 bridgehead atoms. The number of urea groups is 1. The summed E-state index contributed by atoms with van der Waals surface area (Å²) < 4.78 is 4.89. The van der Waals surface area contributed by atoms with Gasteiger partial charge in [-0.05, 0) is 17.5 Å². The van der Waals surface area contributed by atoms with Crippen LogP contribution in [-0.4, -0.2) is 61.0 Å². The molecule has 234 valence electrons. The van der Waals surface area contributed by atoms with E-state index in [0.29, 0.717) is 13.0 Å². The number of hydrogen-bond acceptors (Lipinski definition) is 7. The first-order valence-electron chi connectivity index (χ1n) is 15.4. The number of imide groups is 1. The summed E-state index contributed by atoms with van der Waals surface area (Å²) in [5, 5.41) is 5.77. The van der Waals surface area contributed by atoms with Gasteiger partial charge in [-0.25, -0.2) is 19.9 Å². The topological polar surface area (TPSA) is 123 Å². The highest BCUT2D eigenvalue weighted by molar-refractivity contribution is 5.91. The lowest BCUT2D eigenvalue weighted by Crippen LogP contribution is -2.75. The second-order valence-electron chi connectivity index (χ2n) is 11.1. The Balaban J connectivity index is 1.78. The van der Waals surface area contributed by atoms with Crippen molar-refractivity contribution in [1.82, 2.24) is 16.1 Å². The van der Waals surface area contributed by atoms with E-state index in [1.807, 2.05) is 60.7 Å². The van der Waals surface area contributed by atoms with Gasteiger partial charge in [0.25, 0.3) is 0 Å². The smallest absolute Gasteiger partial charge is 0.424 e. The largest absolute Gasteiger partial charge is 0.456 e. The van der Waals surface area contributed by atoms with Crippen LogP contribution in [0.4, 0.5) is 4.79 Å². The van der Waals surface area contributed by atoms with Gasteiger partial charge in [0.05, 0.1) is 19.1 Å². The summed E-state index contributed by atoms with van der Waals surface area (Å²) in [7, 11) is 1.46. The number of amides is 4. The maximum absolute atomic E-state index is 14.5. The third-order valence-corrected chi connectivity index (χ3v) is 7.93. The van der Waals surface area contributed by atoms with Gasteiger partial charge in [-0.15, -0.1) is 0 Å². The fourth-order valence-corrected chi connectivity index (χ4v) is 5.55. The van der Waals surface area contributed by atoms with E-state index in [1.54, 1.807) is 0 Å². The van der Waals surface area contributed by atoms with E-state index < -0.39 is 40.3 Å². The minimum absolute atomic E-state index is 0.0282. The summed E-state index contributed by atoms with van der Waals surface area (Å²) in [6, 6.07) is 17.0. The van der Waals surface area contributed by atoms with Crippen molar-refractivity contribution in [2.75, 3.05) is 26.7 Å². The predicted molar refractivity (Wildman–Crippen MR) is 163 cm³/mol. The standard InChI is InChI=1S/C33H46N4O6/c1-3-4-5-6-7-14-19-28(22-30(38)36-43-25-27-17-12-9-13-18-27)31(39)37(33(41)34-2)21-20-35-23-29(37)32(40)42-24-26-15-10-8-11-16-26/h8-13,15-18,28-29,35H,3-7,14,19-25H2,1-2H3,(H-,34,36,38,41)/p+1/t28-,29?,37-/m1/s1. The van der Waals surface area contributed by atoms with Crippen molar-refractivity contribution in [1.29, 1.82) is 0 Å². The van der Waals surface area contributed by atoms with Crippen LogP contribution in [0.25, 0.3) is 0 Å². The monoisotopic (exact) mass is 595 g/mol. The zero-order valence-corrected chi connectivity index (χ0v) is 25.5. The Bertz CT molecular complexity index is 1160. The molecule has 10 nitrogen and oxygen atoms in total. The molecular formula is C33H47N4O6+. The highest BCUT2D eigenvalue weighted by atomic mass is 16.6. The van der Waals surface area contributed by atoms with Gasteiger partial charge in [0.15, 0.2) is 0 Å². The van der Waals surface area contributed by atoms with Gasteiger partial charge < -0.3 is 15.4 Å². The van der Waals surface area contributed by atoms with Gasteiger partial charge in [0.1, 0.15) is 13.2 Å². The number of piperazine rings is 1. The molecule has 1 heterocycles. The second kappa shape index (κ2) is 18.1. The number of nitrogens with one attached hydrogen (secondary N) is 3. The van der Waals surface area contributed by atoms with Crippen molar-refractivity contribution in [3.05, 3.63) is 71.8 Å². The number of carbonyl (C=O) groups excluding carboxylic acids is 4. The molecule has 1 aliphatic heterocycles. The van der Waals surface area contributed by atoms with Crippen LogP contribution in [-0.2, 0) is 37.2 Å². The van der Waals surface area contributed by atoms with Gasteiger partial charge in [-0.1, -0.05) is 106 Å². The summed E-state index contributed by atoms with van der Waals surface area (Å²) >= 11 is 0. The first-order valence-corrected chi connectivity index (χ1v) is 15.4. The normalized spacial score (nSPS) is 18.8. The van der Waals surface area contributed by atoms with Crippen molar-refractivity contribution < 1.29 is 33.2 Å². The Morgan fingerprint density at radius 3 is 2.19 bits per heavy atom. The van der Waals surface area contributed by atoms with Crippen molar-refractivity contribution in [2.24, 2.45) is 5.92 Å². The predicted octanol–water partition coefficient (Wildman–Crippen LogP) is 4.39. The molecule has 1 fully saturated rings. The van der Waals surface area contributed by atoms with E-state index in [4.69, 9.17) is 9.57 Å². The van der Waals surface area contributed by atoms with Crippen LogP contribution in [0, 0.1) is 5.92 Å². The fourth-order valence-electron chi connectivity index (χ4n) is 5.55. The molecule has 2 aromatic rings. The Morgan fingerprint density at radius 2 is 1.53 bits per heavy atom. The molecule has 0 radical (unpaired) electrons. The number of quaternary nitrogens is 1. The van der Waals surface area contributed by atoms with E-state index in [0.717, 1.165) is 49.7 Å². The van der Waals surface area contributed by atoms with Crippen LogP contribution in [0.2, 0.25) is 0 Å². The van der Waals surface area contributed by atoms with Crippen LogP contribution in [0.3, 0.4) is 0 Å². The molecule has 10 heteroatoms. The molecule has 4 amide bonds. The molecule has 1 unspecified atom stereocenters. The maximum atomic E-state index is 14.5. The Labute approximate surface area is 255 Å². The zero-order chi connectivity index (χ0) is 30.9. The average Bonchev–Trinajstić information content (AvgIpc) is 3.04. The highest BCUT2D eigenvalue weighted by Gasteiger charge is 2.58. The Hall–Kier alpha value is -3.60. The lowest BCUT2D eigenvalue weighted by atomic mass is 9.92. The molecule has 0 spiro atoms. The number of esters is 1. The molecule has 3 N–H and O–H groups in total. The van der Waals surface area contributed by atoms with Crippen LogP contribution >= 0.6 is 0 Å². The maximum Gasteiger partial charge on any atom is 0.424 e. The number of carbonyl (C=O) groups is 4. The number of hydroxylamine groups is 1. The number of rotatable bonds is 16. The fraction of sp³-hybridized carbons (Fsp3) is 0.515. The first-order chi connectivity index (χ1) is 20.9. The second-order valence-corrected chi connectivity index (χ2v) is 11.1. The number of hydrogen-bond donors (Lipinski definition) is 3. The molecule has 1 aliphatic rings. The number of benzene rings is 2. The quantitative estimate of drug-likeness (QED) is 0.114. The molecular weight excluding hydrogens is 548 g/mol. The van der Waals surface area contributed by atoms with Crippen LogP contribution < -0.4 is 16.1 Å². The molecule has 2 aromatic carbocycles. The van der Waals surface area contributed by atoms with Crippen molar-refractivity contribution in [3.8, 4) is 0 Å². The van der Waals surface area contributed by atoms with Crippen LogP contribution in [0.1, 0.15) is 69.4 Å². The van der Waals surface area contributed by atoms with Crippen LogP contribution in [0.15, 0.2) is 60.7 Å². The summed E-state index contributed by atoms with van der Waals surface area (Å²) in [5.74, 6) is -2.32. The van der Waals surface area contributed by atoms with Crippen molar-refractivity contribution >= 4 is 23.8 Å². The SMILES string of the molecule is CCCCCCCC[C@H](CC(=O)NOCc1ccccc1)C(=O)[N@@+]1(C(=O)NC)CCNCC1C(=O)OCc1ccccc1. The van der Waals surface area contributed by atoms with Crippen molar-refractivity contribution in [3.63, 3.8) is 0 Å². The Morgan fingerprint density at radius 1 is 0.907 bits per heavy atom. The van der Waals surface area contributed by atoms with Gasteiger partial charge >= 0.3 is 17.9 Å². The summed E-state index contributed by atoms with van der Waals surface area (Å²) in [4.78, 5) is 60.0. The van der Waals surface area contributed by atoms with Crippen molar-refractivity contribution in [2.45, 2.75) is 77.5 Å². The number of unbranched alkanes of at least 4 members (excludes halogenated alkanes) is 5. The van der Waals surface area contributed by atoms with E-state index in [9.17, 15) is 19.2 Å². The molecule has 0 saturated carbocycles. The van der Waals surface area contributed by atoms with Gasteiger partial charge in [0, 0.05) is 20.0 Å². The van der Waals surface area contributed by atoms with Gasteiger partial charge in [-0.2, -0.15) is 4.48 Å². The third kappa shape index (κ3) is 9.98. The first kappa shape index (κ1) is 33.9. The Kier molecular flexibility index (Phi) is 14.3. The summed E-state index contributed by atoms with van der Waals surface area (Å²) in [5.41, 5.74) is 4.16. The lowest BCUT2D eigenvalue weighted by Gasteiger charge is -2.42. The zero-order valence-electron chi connectivity index (χ0n) is 25.5. The minimum Gasteiger partial charge on any atom is -0.456 e. The van der Waals surface area contributed by atoms with Gasteiger partial charge in [-0.3, -0.25) is 9.63 Å². The molecule has 0 aliphatic carbocycles. The lowest BCUT2D eigenvalue weighted by molar-refractivity contribution is -0.797. The van der Waals surface area contributed by atoms with E-state index in [-0.39, 0.29) is 32.7 Å². The molecule has 1 saturated heterocycles. The minimum atomic E-state index is -1.09. The van der Waals surface area contributed by atoms with Gasteiger partial charge in [0.2, 0.25) is 11.9 Å². The van der Waals surface area contributed by atoms with Crippen LogP contribution in [0.5, 0.6) is 0 Å². The summed E-state index contributed by atoms with van der Waals surface area (Å²) in [6.07, 6.45) is 6.35. The summed E-state index contributed by atoms with van der Waals surface area (Å²) in [6.45, 7) is 2.90. The number of nitrogens with zero attached hydrogens (tertiary/aromatic N) is 1. The van der Waals surface area contributed by atoms with E-state index in [1.165, 1.54) is 7.05 Å². The molecule has 0 aromatic heterocycles.